The van der Waals surface area contributed by atoms with Crippen LogP contribution >= 0.6 is 0 Å². The molecule has 100 valence electrons. The van der Waals surface area contributed by atoms with E-state index in [-0.39, 0.29) is 11.9 Å². The maximum absolute atomic E-state index is 12.0. The van der Waals surface area contributed by atoms with Crippen LogP contribution in [0.1, 0.15) is 37.4 Å². The Hall–Kier alpha value is -1.43. The van der Waals surface area contributed by atoms with Crippen LogP contribution in [0.4, 0.5) is 0 Å². The number of carbonyl (C=O) groups is 1. The highest BCUT2D eigenvalue weighted by molar-refractivity contribution is 5.76. The molecular formula is C12H20N4O2. The van der Waals surface area contributed by atoms with Crippen molar-refractivity contribution in [3.63, 3.8) is 0 Å². The molecule has 2 rings (SSSR count). The number of hydrogen-bond acceptors (Lipinski definition) is 5. The van der Waals surface area contributed by atoms with Crippen molar-refractivity contribution in [2.75, 3.05) is 7.05 Å². The average molecular weight is 252 g/mol. The molecule has 2 atom stereocenters. The van der Waals surface area contributed by atoms with E-state index in [1.165, 1.54) is 0 Å². The van der Waals surface area contributed by atoms with Gasteiger partial charge >= 0.3 is 0 Å². The van der Waals surface area contributed by atoms with E-state index in [0.717, 1.165) is 19.3 Å². The van der Waals surface area contributed by atoms with Gasteiger partial charge in [-0.15, -0.1) is 0 Å². The van der Waals surface area contributed by atoms with Crippen LogP contribution in [0.3, 0.4) is 0 Å². The first-order valence-corrected chi connectivity index (χ1v) is 6.35. The summed E-state index contributed by atoms with van der Waals surface area (Å²) in [4.78, 5) is 17.8. The SMILES string of the molecule is Cc1nc(CN(C)C(=O)C[C@@H]2CCC[C@H]2N)no1. The number of aromatic nitrogens is 2. The van der Waals surface area contributed by atoms with Crippen LogP contribution in [0.25, 0.3) is 0 Å². The minimum atomic E-state index is 0.0970. The van der Waals surface area contributed by atoms with Crippen LogP contribution in [0.15, 0.2) is 4.52 Å². The third kappa shape index (κ3) is 3.07. The minimum absolute atomic E-state index is 0.0970. The van der Waals surface area contributed by atoms with E-state index in [1.807, 2.05) is 0 Å². The monoisotopic (exact) mass is 252 g/mol. The normalized spacial score (nSPS) is 23.3. The Morgan fingerprint density at radius 1 is 1.56 bits per heavy atom. The Morgan fingerprint density at radius 3 is 2.89 bits per heavy atom. The van der Waals surface area contributed by atoms with Crippen LogP contribution in [0.5, 0.6) is 0 Å². The fraction of sp³-hybridized carbons (Fsp3) is 0.750. The van der Waals surface area contributed by atoms with Gasteiger partial charge in [-0.05, 0) is 18.8 Å². The van der Waals surface area contributed by atoms with Crippen molar-refractivity contribution in [2.24, 2.45) is 11.7 Å². The van der Waals surface area contributed by atoms with Crippen LogP contribution in [-0.2, 0) is 11.3 Å². The zero-order valence-electron chi connectivity index (χ0n) is 10.9. The van der Waals surface area contributed by atoms with Gasteiger partial charge < -0.3 is 15.2 Å². The van der Waals surface area contributed by atoms with E-state index in [2.05, 4.69) is 10.1 Å². The van der Waals surface area contributed by atoms with E-state index >= 15 is 0 Å². The summed E-state index contributed by atoms with van der Waals surface area (Å²) in [5, 5.41) is 3.78. The molecule has 0 aromatic carbocycles. The Balaban J connectivity index is 1.84. The van der Waals surface area contributed by atoms with Crippen molar-refractivity contribution in [1.82, 2.24) is 15.0 Å². The van der Waals surface area contributed by atoms with Gasteiger partial charge in [0.1, 0.15) is 0 Å². The molecule has 2 N–H and O–H groups in total. The zero-order valence-corrected chi connectivity index (χ0v) is 10.9. The first kappa shape index (κ1) is 13.0. The number of aryl methyl sites for hydroxylation is 1. The standard InChI is InChI=1S/C12H20N4O2/c1-8-14-11(15-18-8)7-16(2)12(17)6-9-4-3-5-10(9)13/h9-10H,3-7,13H2,1-2H3/t9-,10+/m0/s1. The van der Waals surface area contributed by atoms with Crippen LogP contribution in [0.2, 0.25) is 0 Å². The molecule has 0 bridgehead atoms. The van der Waals surface area contributed by atoms with Gasteiger partial charge in [-0.2, -0.15) is 4.98 Å². The lowest BCUT2D eigenvalue weighted by Gasteiger charge is -2.19. The number of nitrogens with two attached hydrogens (primary N) is 1. The Kier molecular flexibility index (Phi) is 3.96. The third-order valence-electron chi connectivity index (χ3n) is 3.53. The van der Waals surface area contributed by atoms with Crippen molar-refractivity contribution < 1.29 is 9.32 Å². The Labute approximate surface area is 107 Å². The maximum Gasteiger partial charge on any atom is 0.223 e. The highest BCUT2D eigenvalue weighted by atomic mass is 16.5. The van der Waals surface area contributed by atoms with Gasteiger partial charge in [0.25, 0.3) is 0 Å². The highest BCUT2D eigenvalue weighted by Crippen LogP contribution is 2.27. The molecule has 0 aliphatic heterocycles. The maximum atomic E-state index is 12.0. The summed E-state index contributed by atoms with van der Waals surface area (Å²) < 4.78 is 4.88. The van der Waals surface area contributed by atoms with Gasteiger partial charge in [0.05, 0.1) is 6.54 Å². The van der Waals surface area contributed by atoms with Gasteiger partial charge in [0.2, 0.25) is 11.8 Å². The molecule has 1 aliphatic rings. The molecule has 1 aliphatic carbocycles. The Bertz CT molecular complexity index is 418. The van der Waals surface area contributed by atoms with Crippen LogP contribution in [0, 0.1) is 12.8 Å². The van der Waals surface area contributed by atoms with Crippen molar-refractivity contribution in [1.29, 1.82) is 0 Å². The van der Waals surface area contributed by atoms with Crippen LogP contribution < -0.4 is 5.73 Å². The fourth-order valence-corrected chi connectivity index (χ4v) is 2.40. The van der Waals surface area contributed by atoms with Gasteiger partial charge in [0, 0.05) is 26.4 Å². The van der Waals surface area contributed by atoms with Gasteiger partial charge in [-0.1, -0.05) is 11.6 Å². The average Bonchev–Trinajstić information content (AvgIpc) is 2.89. The molecule has 1 amide bonds. The number of amides is 1. The lowest BCUT2D eigenvalue weighted by molar-refractivity contribution is -0.131. The summed E-state index contributed by atoms with van der Waals surface area (Å²) in [5.41, 5.74) is 5.97. The molecule has 0 spiro atoms. The predicted molar refractivity (Wildman–Crippen MR) is 65.4 cm³/mol. The number of rotatable bonds is 4. The number of nitrogens with zero attached hydrogens (tertiary/aromatic N) is 3. The molecule has 6 nitrogen and oxygen atoms in total. The molecule has 0 saturated heterocycles. The van der Waals surface area contributed by atoms with Crippen LogP contribution in [-0.4, -0.2) is 34.0 Å². The first-order chi connectivity index (χ1) is 8.56. The van der Waals surface area contributed by atoms with Gasteiger partial charge in [-0.25, -0.2) is 0 Å². The second kappa shape index (κ2) is 5.48. The molecule has 1 fully saturated rings. The topological polar surface area (TPSA) is 85.2 Å². The third-order valence-corrected chi connectivity index (χ3v) is 3.53. The lowest BCUT2D eigenvalue weighted by Crippen LogP contribution is -2.32. The first-order valence-electron chi connectivity index (χ1n) is 6.35. The second-order valence-corrected chi connectivity index (χ2v) is 5.04. The fourth-order valence-electron chi connectivity index (χ4n) is 2.40. The van der Waals surface area contributed by atoms with Crippen molar-refractivity contribution >= 4 is 5.91 Å². The molecule has 0 unspecified atom stereocenters. The number of carbonyl (C=O) groups excluding carboxylic acids is 1. The largest absolute Gasteiger partial charge is 0.340 e. The minimum Gasteiger partial charge on any atom is -0.340 e. The van der Waals surface area contributed by atoms with E-state index < -0.39 is 0 Å². The van der Waals surface area contributed by atoms with E-state index in [4.69, 9.17) is 10.3 Å². The molecule has 18 heavy (non-hydrogen) atoms. The molecule has 1 aromatic heterocycles. The lowest BCUT2D eigenvalue weighted by atomic mass is 9.99. The van der Waals surface area contributed by atoms with Gasteiger partial charge in [-0.3, -0.25) is 4.79 Å². The predicted octanol–water partition coefficient (Wildman–Crippen LogP) is 0.854. The van der Waals surface area contributed by atoms with Gasteiger partial charge in [0.15, 0.2) is 5.82 Å². The summed E-state index contributed by atoms with van der Waals surface area (Å²) in [5.74, 6) is 1.48. The Morgan fingerprint density at radius 2 is 2.33 bits per heavy atom. The smallest absolute Gasteiger partial charge is 0.223 e. The summed E-state index contributed by atoms with van der Waals surface area (Å²) in [6, 6.07) is 0.176. The molecule has 6 heteroatoms. The molecule has 1 heterocycles. The van der Waals surface area contributed by atoms with E-state index in [9.17, 15) is 4.79 Å². The van der Waals surface area contributed by atoms with E-state index in [0.29, 0.717) is 30.6 Å². The quantitative estimate of drug-likeness (QED) is 0.858. The molecule has 1 saturated carbocycles. The molecule has 1 aromatic rings. The van der Waals surface area contributed by atoms with Crippen molar-refractivity contribution in [3.05, 3.63) is 11.7 Å². The second-order valence-electron chi connectivity index (χ2n) is 5.04. The molecular weight excluding hydrogens is 232 g/mol. The summed E-state index contributed by atoms with van der Waals surface area (Å²) in [6.07, 6.45) is 3.75. The summed E-state index contributed by atoms with van der Waals surface area (Å²) in [6.45, 7) is 2.12. The zero-order chi connectivity index (χ0) is 13.1. The summed E-state index contributed by atoms with van der Waals surface area (Å²) in [7, 11) is 1.76. The number of hydrogen-bond donors (Lipinski definition) is 1. The summed E-state index contributed by atoms with van der Waals surface area (Å²) >= 11 is 0. The van der Waals surface area contributed by atoms with Crippen molar-refractivity contribution in [2.45, 2.75) is 45.2 Å². The highest BCUT2D eigenvalue weighted by Gasteiger charge is 2.27. The van der Waals surface area contributed by atoms with Crippen molar-refractivity contribution in [3.8, 4) is 0 Å². The van der Waals surface area contributed by atoms with E-state index in [1.54, 1.807) is 18.9 Å². The molecule has 0 radical (unpaired) electrons.